The van der Waals surface area contributed by atoms with Crippen LogP contribution in [0.15, 0.2) is 42.6 Å². The van der Waals surface area contributed by atoms with E-state index in [9.17, 15) is 9.90 Å². The average molecular weight is 412 g/mol. The number of hydrogen-bond acceptors (Lipinski definition) is 4. The molecule has 6 rings (SSSR count). The molecule has 2 heterocycles. The highest BCUT2D eigenvalue weighted by atomic mass is 16.3. The molecule has 2 aliphatic rings. The van der Waals surface area contributed by atoms with Crippen molar-refractivity contribution in [3.63, 3.8) is 0 Å². The molecule has 0 aliphatic heterocycles. The van der Waals surface area contributed by atoms with Crippen LogP contribution in [0.25, 0.3) is 33.1 Å². The average Bonchev–Trinajstić information content (AvgIpc) is 3.49. The van der Waals surface area contributed by atoms with Gasteiger partial charge in [-0.15, -0.1) is 0 Å². The summed E-state index contributed by atoms with van der Waals surface area (Å²) in [6.07, 6.45) is 10.4. The zero-order chi connectivity index (χ0) is 20.9. The fourth-order valence-corrected chi connectivity index (χ4v) is 5.51. The third-order valence-electron chi connectivity index (χ3n) is 7.07. The number of fused-ring (bicyclic) bond motifs is 5. The van der Waals surface area contributed by atoms with Gasteiger partial charge in [-0.2, -0.15) is 9.78 Å². The fourth-order valence-electron chi connectivity index (χ4n) is 5.51. The second-order valence-electron chi connectivity index (χ2n) is 8.94. The summed E-state index contributed by atoms with van der Waals surface area (Å²) in [4.78, 5) is 18.1. The Kier molecular flexibility index (Phi) is 4.30. The molecule has 31 heavy (non-hydrogen) atoms. The van der Waals surface area contributed by atoms with Gasteiger partial charge in [0.15, 0.2) is 0 Å². The van der Waals surface area contributed by atoms with E-state index in [-0.39, 0.29) is 17.6 Å². The maximum Gasteiger partial charge on any atom is 0.250 e. The number of aromatic hydroxyl groups is 1. The van der Waals surface area contributed by atoms with Gasteiger partial charge < -0.3 is 5.11 Å². The highest BCUT2D eigenvalue weighted by molar-refractivity contribution is 6.10. The summed E-state index contributed by atoms with van der Waals surface area (Å²) in [5.41, 5.74) is 6.53. The Balaban J connectivity index is 1.57. The Labute approximate surface area is 180 Å². The minimum Gasteiger partial charge on any atom is -0.508 e. The van der Waals surface area contributed by atoms with E-state index in [0.29, 0.717) is 0 Å². The third-order valence-corrected chi connectivity index (χ3v) is 7.07. The van der Waals surface area contributed by atoms with Gasteiger partial charge in [-0.25, -0.2) is 4.98 Å². The molecule has 2 aromatic carbocycles. The van der Waals surface area contributed by atoms with Crippen LogP contribution < -0.4 is 0 Å². The van der Waals surface area contributed by atoms with Gasteiger partial charge in [-0.1, -0.05) is 12.8 Å². The zero-order valence-electron chi connectivity index (χ0n) is 17.5. The van der Waals surface area contributed by atoms with E-state index in [1.165, 1.54) is 11.1 Å². The Morgan fingerprint density at radius 1 is 0.935 bits per heavy atom. The number of nitrogens with zero attached hydrogens (tertiary/aromatic N) is 3. The SMILES string of the molecule is O=C(C1CCCC1)n1ncc2c3c4c(c(-c5ccc(O)cc5)nc3ccc21)CCCC4. The summed E-state index contributed by atoms with van der Waals surface area (Å²) >= 11 is 0. The molecule has 0 radical (unpaired) electrons. The third kappa shape index (κ3) is 2.94. The molecule has 1 N–H and O–H groups in total. The Morgan fingerprint density at radius 2 is 1.68 bits per heavy atom. The number of pyridine rings is 1. The van der Waals surface area contributed by atoms with E-state index in [1.54, 1.807) is 16.8 Å². The molecule has 1 saturated carbocycles. The molecule has 5 nitrogen and oxygen atoms in total. The number of rotatable bonds is 2. The predicted octanol–water partition coefficient (Wildman–Crippen LogP) is 5.67. The zero-order valence-corrected chi connectivity index (χ0v) is 17.5. The highest BCUT2D eigenvalue weighted by Crippen LogP contribution is 2.38. The van der Waals surface area contributed by atoms with E-state index >= 15 is 0 Å². The minimum atomic E-state index is 0.0997. The van der Waals surface area contributed by atoms with Crippen LogP contribution in [0.3, 0.4) is 0 Å². The van der Waals surface area contributed by atoms with Crippen LogP contribution in [-0.4, -0.2) is 25.8 Å². The second kappa shape index (κ2) is 7.19. The molecule has 0 unspecified atom stereocenters. The molecule has 0 atom stereocenters. The van der Waals surface area contributed by atoms with E-state index in [0.717, 1.165) is 84.4 Å². The maximum atomic E-state index is 13.1. The lowest BCUT2D eigenvalue weighted by Crippen LogP contribution is -2.20. The van der Waals surface area contributed by atoms with Crippen LogP contribution in [-0.2, 0) is 12.8 Å². The van der Waals surface area contributed by atoms with Gasteiger partial charge in [0, 0.05) is 22.3 Å². The van der Waals surface area contributed by atoms with Gasteiger partial charge in [0.1, 0.15) is 5.75 Å². The van der Waals surface area contributed by atoms with E-state index < -0.39 is 0 Å². The molecule has 0 amide bonds. The van der Waals surface area contributed by atoms with Gasteiger partial charge in [-0.3, -0.25) is 4.79 Å². The molecule has 2 aliphatic carbocycles. The largest absolute Gasteiger partial charge is 0.508 e. The molecule has 5 heteroatoms. The molecule has 2 aromatic heterocycles. The van der Waals surface area contributed by atoms with Crippen LogP contribution >= 0.6 is 0 Å². The van der Waals surface area contributed by atoms with Crippen molar-refractivity contribution in [2.45, 2.75) is 51.4 Å². The summed E-state index contributed by atoms with van der Waals surface area (Å²) < 4.78 is 1.63. The summed E-state index contributed by atoms with van der Waals surface area (Å²) in [6.45, 7) is 0. The lowest BCUT2D eigenvalue weighted by Gasteiger charge is -2.22. The molecule has 156 valence electrons. The van der Waals surface area contributed by atoms with Crippen molar-refractivity contribution in [3.8, 4) is 17.0 Å². The molecular formula is C26H25N3O2. The first-order valence-electron chi connectivity index (χ1n) is 11.4. The first-order chi connectivity index (χ1) is 15.2. The Bertz CT molecular complexity index is 1310. The lowest BCUT2D eigenvalue weighted by molar-refractivity contribution is 0.0826. The summed E-state index contributed by atoms with van der Waals surface area (Å²) in [6, 6.07) is 11.4. The summed E-state index contributed by atoms with van der Waals surface area (Å²) in [5.74, 6) is 0.497. The van der Waals surface area contributed by atoms with Crippen LogP contribution in [0.2, 0.25) is 0 Å². The topological polar surface area (TPSA) is 68.0 Å². The van der Waals surface area contributed by atoms with Gasteiger partial charge in [-0.05, 0) is 86.1 Å². The monoisotopic (exact) mass is 411 g/mol. The smallest absolute Gasteiger partial charge is 0.250 e. The lowest BCUT2D eigenvalue weighted by atomic mass is 9.85. The molecular weight excluding hydrogens is 386 g/mol. The Hall–Kier alpha value is -3.21. The van der Waals surface area contributed by atoms with Crippen LogP contribution in [0, 0.1) is 5.92 Å². The number of carbonyl (C=O) groups excluding carboxylic acids is 1. The van der Waals surface area contributed by atoms with Crippen molar-refractivity contribution in [2.24, 2.45) is 5.92 Å². The molecule has 0 spiro atoms. The fraction of sp³-hybridized carbons (Fsp3) is 0.346. The molecule has 0 bridgehead atoms. The van der Waals surface area contributed by atoms with Gasteiger partial charge in [0.25, 0.3) is 5.91 Å². The number of aryl methyl sites for hydroxylation is 1. The van der Waals surface area contributed by atoms with Gasteiger partial charge in [0.2, 0.25) is 0 Å². The van der Waals surface area contributed by atoms with E-state index in [1.807, 2.05) is 30.5 Å². The second-order valence-corrected chi connectivity index (χ2v) is 8.94. The number of hydrogen-bond donors (Lipinski definition) is 1. The van der Waals surface area contributed by atoms with Crippen LogP contribution in [0.4, 0.5) is 0 Å². The van der Waals surface area contributed by atoms with Crippen LogP contribution in [0.5, 0.6) is 5.75 Å². The predicted molar refractivity (Wildman–Crippen MR) is 121 cm³/mol. The highest BCUT2D eigenvalue weighted by Gasteiger charge is 2.27. The van der Waals surface area contributed by atoms with Gasteiger partial charge in [0.05, 0.1) is 22.9 Å². The number of aromatic nitrogens is 3. The van der Waals surface area contributed by atoms with Crippen LogP contribution in [0.1, 0.15) is 54.4 Å². The molecule has 4 aromatic rings. The van der Waals surface area contributed by atoms with Crippen molar-refractivity contribution in [1.82, 2.24) is 14.8 Å². The number of carbonyl (C=O) groups is 1. The van der Waals surface area contributed by atoms with Crippen molar-refractivity contribution in [2.75, 3.05) is 0 Å². The van der Waals surface area contributed by atoms with Crippen molar-refractivity contribution >= 4 is 27.7 Å². The normalized spacial score (nSPS) is 16.8. The Morgan fingerprint density at radius 3 is 2.45 bits per heavy atom. The maximum absolute atomic E-state index is 13.1. The standard InChI is InChI=1S/C26H25N3O2/c30-18-11-9-16(10-12-18)25-20-8-4-3-7-19(20)24-21-15-27-29(23(21)14-13-22(24)28-25)26(31)17-5-1-2-6-17/h9-15,17,30H,1-8H2. The number of phenolic OH excluding ortho intramolecular Hbond substituents is 1. The van der Waals surface area contributed by atoms with Crippen molar-refractivity contribution in [3.05, 3.63) is 53.7 Å². The first-order valence-corrected chi connectivity index (χ1v) is 11.4. The number of phenols is 1. The quantitative estimate of drug-likeness (QED) is 0.462. The van der Waals surface area contributed by atoms with Crippen molar-refractivity contribution in [1.29, 1.82) is 0 Å². The first kappa shape index (κ1) is 18.6. The summed E-state index contributed by atoms with van der Waals surface area (Å²) in [5, 5.41) is 16.4. The molecule has 1 fully saturated rings. The van der Waals surface area contributed by atoms with Crippen molar-refractivity contribution < 1.29 is 9.90 Å². The summed E-state index contributed by atoms with van der Waals surface area (Å²) in [7, 11) is 0. The van der Waals surface area contributed by atoms with E-state index in [2.05, 4.69) is 5.10 Å². The van der Waals surface area contributed by atoms with E-state index in [4.69, 9.17) is 4.98 Å². The minimum absolute atomic E-state index is 0.0997. The van der Waals surface area contributed by atoms with Gasteiger partial charge >= 0.3 is 0 Å². The molecule has 0 saturated heterocycles. The number of benzene rings is 2.